The largest absolute Gasteiger partial charge is 0.466 e. The third kappa shape index (κ3) is 61.2. The van der Waals surface area contributed by atoms with E-state index in [9.17, 15) is 19.8 Å². The molecule has 75 heavy (non-hydrogen) atoms. The molecule has 0 aliphatic rings. The quantitative estimate of drug-likeness (QED) is 0.0320. The van der Waals surface area contributed by atoms with Gasteiger partial charge in [-0.2, -0.15) is 0 Å². The van der Waals surface area contributed by atoms with E-state index in [0.717, 1.165) is 77.0 Å². The van der Waals surface area contributed by atoms with Crippen LogP contribution in [0, 0.1) is 0 Å². The Labute approximate surface area is 468 Å². The van der Waals surface area contributed by atoms with Crippen LogP contribution in [0.1, 0.15) is 367 Å². The molecule has 2 atom stereocenters. The van der Waals surface area contributed by atoms with Crippen molar-refractivity contribution in [2.45, 2.75) is 379 Å². The standard InChI is InChI=1S/C69H131NO5/c1-3-5-7-9-11-13-15-17-19-21-23-24-25-26-27-28-29-30-33-37-41-45-49-53-57-61-67(72)66(65-71)70-68(73)62-58-54-50-46-42-38-34-32-36-40-44-48-52-56-60-64-75-69(74)63-59-55-51-47-43-39-35-31-22-20-18-16-14-12-10-8-6-4-2/h14,16,20,22,36,40,66-67,71-72H,3-13,15,17-19,21,23-35,37-39,41-65H2,1-2H3,(H,70,73)/b16-14-,22-20-,40-36-. The van der Waals surface area contributed by atoms with E-state index in [0.29, 0.717) is 25.9 Å². The molecule has 0 fully saturated rings. The van der Waals surface area contributed by atoms with Gasteiger partial charge in [0, 0.05) is 12.8 Å². The molecule has 0 bridgehead atoms. The molecule has 0 aromatic rings. The first kappa shape index (κ1) is 73.1. The van der Waals surface area contributed by atoms with Crippen LogP contribution in [0.5, 0.6) is 0 Å². The number of hydrogen-bond acceptors (Lipinski definition) is 5. The SMILES string of the molecule is CCCCCC/C=C\C/C=C\CCCCCCCCCC(=O)OCCCCCC/C=C\CCCCCCCCCC(=O)NC(CO)C(O)CCCCCCCCCCCCCCCCCCCCCCCCCCC. The summed E-state index contributed by atoms with van der Waals surface area (Å²) in [4.78, 5) is 24.6. The van der Waals surface area contributed by atoms with Crippen LogP contribution in [0.25, 0.3) is 0 Å². The maximum atomic E-state index is 12.5. The minimum absolute atomic E-state index is 0.0165. The first-order valence-corrected chi connectivity index (χ1v) is 33.7. The van der Waals surface area contributed by atoms with Gasteiger partial charge in [-0.1, -0.05) is 307 Å². The van der Waals surface area contributed by atoms with Gasteiger partial charge in [-0.15, -0.1) is 0 Å². The zero-order valence-electron chi connectivity index (χ0n) is 50.5. The summed E-state index contributed by atoms with van der Waals surface area (Å²) in [5.74, 6) is -0.0633. The van der Waals surface area contributed by atoms with Crippen molar-refractivity contribution < 1.29 is 24.5 Å². The van der Waals surface area contributed by atoms with Gasteiger partial charge in [-0.05, 0) is 83.5 Å². The predicted molar refractivity (Wildman–Crippen MR) is 329 cm³/mol. The van der Waals surface area contributed by atoms with Crippen LogP contribution in [-0.2, 0) is 14.3 Å². The number of aliphatic hydroxyl groups is 2. The van der Waals surface area contributed by atoms with Crippen molar-refractivity contribution in [2.24, 2.45) is 0 Å². The van der Waals surface area contributed by atoms with E-state index >= 15 is 0 Å². The molecule has 0 aromatic heterocycles. The number of allylic oxidation sites excluding steroid dienone is 6. The van der Waals surface area contributed by atoms with Crippen LogP contribution in [0.2, 0.25) is 0 Å². The molecule has 6 nitrogen and oxygen atoms in total. The molecular formula is C69H131NO5. The Morgan fingerprint density at radius 3 is 1.04 bits per heavy atom. The van der Waals surface area contributed by atoms with Gasteiger partial charge in [0.2, 0.25) is 5.91 Å². The highest BCUT2D eigenvalue weighted by atomic mass is 16.5. The third-order valence-corrected chi connectivity index (χ3v) is 15.7. The number of aliphatic hydroxyl groups excluding tert-OH is 2. The summed E-state index contributed by atoms with van der Waals surface area (Å²) in [5.41, 5.74) is 0. The minimum atomic E-state index is -0.677. The second-order valence-corrected chi connectivity index (χ2v) is 23.1. The molecule has 0 aliphatic heterocycles. The first-order valence-electron chi connectivity index (χ1n) is 33.7. The highest BCUT2D eigenvalue weighted by Gasteiger charge is 2.20. The van der Waals surface area contributed by atoms with E-state index in [1.54, 1.807) is 0 Å². The summed E-state index contributed by atoms with van der Waals surface area (Å²) in [6, 6.07) is -0.556. The molecule has 0 aromatic carbocycles. The van der Waals surface area contributed by atoms with Crippen LogP contribution in [-0.4, -0.2) is 47.4 Å². The van der Waals surface area contributed by atoms with E-state index in [1.807, 2.05) is 0 Å². The van der Waals surface area contributed by atoms with Crippen LogP contribution in [0.3, 0.4) is 0 Å². The molecule has 2 unspecified atom stereocenters. The fraction of sp³-hybridized carbons (Fsp3) is 0.884. The van der Waals surface area contributed by atoms with Crippen LogP contribution >= 0.6 is 0 Å². The van der Waals surface area contributed by atoms with E-state index in [1.165, 1.54) is 257 Å². The van der Waals surface area contributed by atoms with Crippen molar-refractivity contribution in [3.05, 3.63) is 36.5 Å². The number of amides is 1. The third-order valence-electron chi connectivity index (χ3n) is 15.7. The maximum absolute atomic E-state index is 12.5. The summed E-state index contributed by atoms with van der Waals surface area (Å²) >= 11 is 0. The number of rotatable bonds is 63. The monoisotopic (exact) mass is 1050 g/mol. The molecule has 0 saturated carbocycles. The Morgan fingerprint density at radius 2 is 0.667 bits per heavy atom. The highest BCUT2D eigenvalue weighted by Crippen LogP contribution is 2.18. The van der Waals surface area contributed by atoms with Crippen molar-refractivity contribution in [3.8, 4) is 0 Å². The fourth-order valence-electron chi connectivity index (χ4n) is 10.5. The van der Waals surface area contributed by atoms with Gasteiger partial charge < -0.3 is 20.3 Å². The minimum Gasteiger partial charge on any atom is -0.466 e. The lowest BCUT2D eigenvalue weighted by Crippen LogP contribution is -2.45. The van der Waals surface area contributed by atoms with Crippen LogP contribution < -0.4 is 5.32 Å². The molecule has 3 N–H and O–H groups in total. The zero-order valence-corrected chi connectivity index (χ0v) is 50.5. The van der Waals surface area contributed by atoms with Gasteiger partial charge in [-0.3, -0.25) is 9.59 Å². The summed E-state index contributed by atoms with van der Waals surface area (Å²) in [5, 5.41) is 23.4. The van der Waals surface area contributed by atoms with Crippen molar-refractivity contribution in [3.63, 3.8) is 0 Å². The van der Waals surface area contributed by atoms with Gasteiger partial charge in [-0.25, -0.2) is 0 Å². The van der Waals surface area contributed by atoms with E-state index in [2.05, 4.69) is 55.6 Å². The normalized spacial score (nSPS) is 12.7. The average Bonchev–Trinajstić information content (AvgIpc) is 3.41. The summed E-state index contributed by atoms with van der Waals surface area (Å²) in [6.45, 7) is 4.93. The van der Waals surface area contributed by atoms with Crippen molar-refractivity contribution in [2.75, 3.05) is 13.2 Å². The lowest BCUT2D eigenvalue weighted by molar-refractivity contribution is -0.143. The Morgan fingerprint density at radius 1 is 0.373 bits per heavy atom. The summed E-state index contributed by atoms with van der Waals surface area (Å²) in [7, 11) is 0. The van der Waals surface area contributed by atoms with Gasteiger partial charge in [0.1, 0.15) is 0 Å². The Kier molecular flexibility index (Phi) is 63.0. The molecule has 0 aliphatic carbocycles. The fourth-order valence-corrected chi connectivity index (χ4v) is 10.5. The number of esters is 1. The summed E-state index contributed by atoms with van der Waals surface area (Å²) in [6.07, 6.45) is 81.7. The van der Waals surface area contributed by atoms with E-state index < -0.39 is 12.1 Å². The maximum Gasteiger partial charge on any atom is 0.305 e. The Hall–Kier alpha value is -1.92. The highest BCUT2D eigenvalue weighted by molar-refractivity contribution is 5.76. The molecule has 0 heterocycles. The lowest BCUT2D eigenvalue weighted by atomic mass is 10.0. The molecule has 442 valence electrons. The molecule has 6 heteroatoms. The molecular weight excluding hydrogens is 923 g/mol. The molecule has 0 radical (unpaired) electrons. The molecule has 0 spiro atoms. The Balaban J connectivity index is 3.46. The second kappa shape index (κ2) is 64.6. The number of carbonyl (C=O) groups excluding carboxylic acids is 2. The van der Waals surface area contributed by atoms with Crippen LogP contribution in [0.15, 0.2) is 36.5 Å². The van der Waals surface area contributed by atoms with Gasteiger partial charge in [0.25, 0.3) is 0 Å². The number of carbonyl (C=O) groups is 2. The van der Waals surface area contributed by atoms with Crippen LogP contribution in [0.4, 0.5) is 0 Å². The number of hydrogen-bond donors (Lipinski definition) is 3. The predicted octanol–water partition coefficient (Wildman–Crippen LogP) is 21.5. The first-order chi connectivity index (χ1) is 37.0. The summed E-state index contributed by atoms with van der Waals surface area (Å²) < 4.78 is 5.48. The smallest absolute Gasteiger partial charge is 0.305 e. The molecule has 0 saturated heterocycles. The number of nitrogens with one attached hydrogen (secondary N) is 1. The Bertz CT molecular complexity index is 1210. The lowest BCUT2D eigenvalue weighted by Gasteiger charge is -2.22. The van der Waals surface area contributed by atoms with Gasteiger partial charge >= 0.3 is 5.97 Å². The molecule has 0 rings (SSSR count). The van der Waals surface area contributed by atoms with E-state index in [4.69, 9.17) is 4.74 Å². The topological polar surface area (TPSA) is 95.9 Å². The zero-order chi connectivity index (χ0) is 54.3. The molecule has 1 amide bonds. The van der Waals surface area contributed by atoms with Gasteiger partial charge in [0.05, 0.1) is 25.4 Å². The van der Waals surface area contributed by atoms with E-state index in [-0.39, 0.29) is 18.5 Å². The van der Waals surface area contributed by atoms with Gasteiger partial charge in [0.15, 0.2) is 0 Å². The average molecular weight is 1050 g/mol. The van der Waals surface area contributed by atoms with Crippen molar-refractivity contribution >= 4 is 11.9 Å². The number of ether oxygens (including phenoxy) is 1. The second-order valence-electron chi connectivity index (χ2n) is 23.1. The van der Waals surface area contributed by atoms with Crippen molar-refractivity contribution in [1.29, 1.82) is 0 Å². The number of unbranched alkanes of at least 4 members (excludes halogenated alkanes) is 46. The van der Waals surface area contributed by atoms with Crippen molar-refractivity contribution in [1.82, 2.24) is 5.32 Å².